The quantitative estimate of drug-likeness (QED) is 0.479. The second kappa shape index (κ2) is 4.43. The van der Waals surface area contributed by atoms with Gasteiger partial charge in [-0.1, -0.05) is 18.2 Å². The molecule has 0 bridgehead atoms. The van der Waals surface area contributed by atoms with Crippen molar-refractivity contribution >= 4 is 11.6 Å². The van der Waals surface area contributed by atoms with Crippen LogP contribution in [0.1, 0.15) is 22.7 Å². The van der Waals surface area contributed by atoms with Crippen molar-refractivity contribution in [2.24, 2.45) is 5.84 Å². The zero-order valence-corrected chi connectivity index (χ0v) is 9.28. The molecule has 5 heteroatoms. The predicted molar refractivity (Wildman–Crippen MR) is 56.8 cm³/mol. The predicted octanol–water partition coefficient (Wildman–Crippen LogP) is 2.64. The van der Waals surface area contributed by atoms with Gasteiger partial charge in [-0.15, -0.1) is 0 Å². The number of benzene rings is 1. The van der Waals surface area contributed by atoms with Gasteiger partial charge in [0.15, 0.2) is 0 Å². The van der Waals surface area contributed by atoms with Crippen LogP contribution in [0.4, 0.5) is 8.78 Å². The maximum atomic E-state index is 12.9. The molecule has 0 saturated carbocycles. The van der Waals surface area contributed by atoms with Crippen LogP contribution in [-0.4, -0.2) is 5.38 Å². The molecule has 0 fully saturated rings. The van der Waals surface area contributed by atoms with Gasteiger partial charge in [0, 0.05) is 0 Å². The number of rotatable bonds is 3. The molecule has 1 atom stereocenters. The molecule has 0 aromatic heterocycles. The molecule has 1 unspecified atom stereocenters. The van der Waals surface area contributed by atoms with Crippen LogP contribution in [-0.2, 0) is 0 Å². The summed E-state index contributed by atoms with van der Waals surface area (Å²) < 4.78 is 25.9. The molecule has 0 heterocycles. The third kappa shape index (κ3) is 2.87. The summed E-state index contributed by atoms with van der Waals surface area (Å²) >= 11 is 4.95. The van der Waals surface area contributed by atoms with Gasteiger partial charge in [-0.05, 0) is 42.1 Å². The van der Waals surface area contributed by atoms with Gasteiger partial charge in [-0.25, -0.2) is 5.43 Å². The number of hydrogen-bond donors (Lipinski definition) is 2. The lowest BCUT2D eigenvalue weighted by molar-refractivity contribution is 0.0497. The van der Waals surface area contributed by atoms with Gasteiger partial charge in [-0.2, -0.15) is 8.78 Å². The lowest BCUT2D eigenvalue weighted by atomic mass is 10.0. The molecule has 3 N–H and O–H groups in total. The molecule has 1 rings (SSSR count). The fraction of sp³-hybridized carbons (Fsp3) is 0.400. The molecular formula is C10H13ClF2N2. The number of alkyl halides is 3. The molecule has 0 radical (unpaired) electrons. The monoisotopic (exact) mass is 234 g/mol. The first kappa shape index (κ1) is 12.4. The summed E-state index contributed by atoms with van der Waals surface area (Å²) in [6, 6.07) is 3.62. The highest BCUT2D eigenvalue weighted by molar-refractivity contribution is 6.22. The summed E-state index contributed by atoms with van der Waals surface area (Å²) in [4.78, 5) is 0. The first-order chi connectivity index (χ1) is 6.86. The summed E-state index contributed by atoms with van der Waals surface area (Å²) in [5.41, 5.74) is 4.36. The minimum Gasteiger partial charge on any atom is -0.271 e. The molecule has 0 aliphatic rings. The van der Waals surface area contributed by atoms with Crippen molar-refractivity contribution in [2.45, 2.75) is 25.3 Å². The average molecular weight is 235 g/mol. The number of nitrogens with one attached hydrogen (secondary N) is 1. The number of halogens is 3. The van der Waals surface area contributed by atoms with E-state index in [1.807, 2.05) is 19.3 Å². The van der Waals surface area contributed by atoms with Gasteiger partial charge in [0.2, 0.25) is 0 Å². The maximum Gasteiger partial charge on any atom is 0.342 e. The fourth-order valence-electron chi connectivity index (χ4n) is 1.32. The number of nitrogens with two attached hydrogens (primary N) is 1. The Morgan fingerprint density at radius 2 is 1.93 bits per heavy atom. The Bertz CT molecular complexity index is 350. The summed E-state index contributed by atoms with van der Waals surface area (Å²) in [5, 5.41) is -3.41. The number of aryl methyl sites for hydroxylation is 2. The van der Waals surface area contributed by atoms with Gasteiger partial charge in [0.1, 0.15) is 6.04 Å². The van der Waals surface area contributed by atoms with Crippen LogP contribution in [0.2, 0.25) is 0 Å². The maximum absolute atomic E-state index is 12.9. The molecule has 0 spiro atoms. The zero-order valence-electron chi connectivity index (χ0n) is 8.52. The van der Waals surface area contributed by atoms with Crippen molar-refractivity contribution in [3.05, 3.63) is 34.9 Å². The summed E-state index contributed by atoms with van der Waals surface area (Å²) in [7, 11) is 0. The van der Waals surface area contributed by atoms with E-state index in [1.165, 1.54) is 0 Å². The van der Waals surface area contributed by atoms with Gasteiger partial charge in [0.05, 0.1) is 0 Å². The van der Waals surface area contributed by atoms with E-state index in [9.17, 15) is 8.78 Å². The van der Waals surface area contributed by atoms with Crippen LogP contribution in [0.5, 0.6) is 0 Å². The third-order valence-corrected chi connectivity index (χ3v) is 2.58. The van der Waals surface area contributed by atoms with E-state index in [1.54, 1.807) is 18.2 Å². The van der Waals surface area contributed by atoms with Gasteiger partial charge < -0.3 is 0 Å². The van der Waals surface area contributed by atoms with E-state index in [2.05, 4.69) is 0 Å². The first-order valence-electron chi connectivity index (χ1n) is 4.46. The van der Waals surface area contributed by atoms with Gasteiger partial charge >= 0.3 is 5.38 Å². The summed E-state index contributed by atoms with van der Waals surface area (Å²) in [6.07, 6.45) is 0. The van der Waals surface area contributed by atoms with Crippen molar-refractivity contribution in [3.63, 3.8) is 0 Å². The first-order valence-corrected chi connectivity index (χ1v) is 4.84. The number of hydrazine groups is 1. The fourth-order valence-corrected chi connectivity index (χ4v) is 1.51. The van der Waals surface area contributed by atoms with Crippen LogP contribution in [0, 0.1) is 13.8 Å². The molecule has 15 heavy (non-hydrogen) atoms. The van der Waals surface area contributed by atoms with Crippen molar-refractivity contribution < 1.29 is 8.78 Å². The Morgan fingerprint density at radius 1 is 1.33 bits per heavy atom. The summed E-state index contributed by atoms with van der Waals surface area (Å²) in [6.45, 7) is 3.75. The smallest absolute Gasteiger partial charge is 0.271 e. The minimum absolute atomic E-state index is 0.376. The molecule has 0 saturated heterocycles. The second-order valence-corrected chi connectivity index (χ2v) is 3.99. The Hall–Kier alpha value is -0.710. The van der Waals surface area contributed by atoms with E-state index in [0.29, 0.717) is 5.56 Å². The van der Waals surface area contributed by atoms with Crippen LogP contribution in [0.15, 0.2) is 18.2 Å². The largest absolute Gasteiger partial charge is 0.342 e. The zero-order chi connectivity index (χ0) is 11.6. The Labute approximate surface area is 92.4 Å². The highest BCUT2D eigenvalue weighted by Gasteiger charge is 2.37. The Morgan fingerprint density at radius 3 is 2.33 bits per heavy atom. The van der Waals surface area contributed by atoms with Crippen molar-refractivity contribution in [3.8, 4) is 0 Å². The summed E-state index contributed by atoms with van der Waals surface area (Å²) in [5.74, 6) is 5.06. The number of hydrogen-bond acceptors (Lipinski definition) is 2. The van der Waals surface area contributed by atoms with Gasteiger partial charge in [0.25, 0.3) is 0 Å². The Balaban J connectivity index is 3.08. The van der Waals surface area contributed by atoms with E-state index in [4.69, 9.17) is 17.4 Å². The van der Waals surface area contributed by atoms with Crippen molar-refractivity contribution in [2.75, 3.05) is 0 Å². The minimum atomic E-state index is -3.41. The van der Waals surface area contributed by atoms with E-state index in [-0.39, 0.29) is 0 Å². The van der Waals surface area contributed by atoms with Crippen molar-refractivity contribution in [1.82, 2.24) is 5.43 Å². The highest BCUT2D eigenvalue weighted by atomic mass is 35.5. The lowest BCUT2D eigenvalue weighted by Gasteiger charge is -2.21. The average Bonchev–Trinajstić information content (AvgIpc) is 2.10. The van der Waals surface area contributed by atoms with E-state index < -0.39 is 11.4 Å². The van der Waals surface area contributed by atoms with Crippen LogP contribution in [0.3, 0.4) is 0 Å². The molecule has 0 aliphatic heterocycles. The molecule has 1 aromatic rings. The van der Waals surface area contributed by atoms with Crippen LogP contribution >= 0.6 is 11.6 Å². The highest BCUT2D eigenvalue weighted by Crippen LogP contribution is 2.34. The molecular weight excluding hydrogens is 222 g/mol. The molecule has 0 aliphatic carbocycles. The van der Waals surface area contributed by atoms with Gasteiger partial charge in [-0.3, -0.25) is 5.84 Å². The van der Waals surface area contributed by atoms with E-state index in [0.717, 1.165) is 11.1 Å². The normalized spacial score (nSPS) is 14.0. The second-order valence-electron chi connectivity index (χ2n) is 3.48. The molecule has 2 nitrogen and oxygen atoms in total. The molecule has 84 valence electrons. The SMILES string of the molecule is Cc1ccc(C(NN)C(F)(F)Cl)cc1C. The Kier molecular flexibility index (Phi) is 3.65. The van der Waals surface area contributed by atoms with Crippen LogP contribution < -0.4 is 11.3 Å². The molecule has 0 amide bonds. The topological polar surface area (TPSA) is 38.0 Å². The molecule has 1 aromatic carbocycles. The van der Waals surface area contributed by atoms with Crippen LogP contribution in [0.25, 0.3) is 0 Å². The lowest BCUT2D eigenvalue weighted by Crippen LogP contribution is -2.37. The van der Waals surface area contributed by atoms with E-state index >= 15 is 0 Å². The standard InChI is InChI=1S/C10H13ClF2N2/c1-6-3-4-8(5-7(6)2)9(15-14)10(11,12)13/h3-5,9,15H,14H2,1-2H3. The van der Waals surface area contributed by atoms with Crippen molar-refractivity contribution in [1.29, 1.82) is 0 Å². The third-order valence-electron chi connectivity index (χ3n) is 2.36.